The number of hydrogen-bond donors (Lipinski definition) is 1. The SMILES string of the molecule is COc1c(C)cccc1C(=O)N1CC[C@H](c2cc(Nc3nccs3)cc(C)n2)C1. The number of anilines is 2. The molecule has 0 spiro atoms. The molecule has 29 heavy (non-hydrogen) atoms. The van der Waals surface area contributed by atoms with E-state index in [4.69, 9.17) is 9.72 Å². The predicted molar refractivity (Wildman–Crippen MR) is 115 cm³/mol. The second-order valence-electron chi connectivity index (χ2n) is 7.28. The van der Waals surface area contributed by atoms with Crippen LogP contribution in [0.3, 0.4) is 0 Å². The summed E-state index contributed by atoms with van der Waals surface area (Å²) < 4.78 is 5.48. The number of ether oxygens (including phenoxy) is 1. The highest BCUT2D eigenvalue weighted by atomic mass is 32.1. The van der Waals surface area contributed by atoms with E-state index in [-0.39, 0.29) is 11.8 Å². The van der Waals surface area contributed by atoms with E-state index in [2.05, 4.69) is 16.4 Å². The molecule has 3 aromatic rings. The highest BCUT2D eigenvalue weighted by Crippen LogP contribution is 2.32. The minimum Gasteiger partial charge on any atom is -0.496 e. The number of amides is 1. The summed E-state index contributed by atoms with van der Waals surface area (Å²) in [6.07, 6.45) is 2.68. The van der Waals surface area contributed by atoms with Crippen molar-refractivity contribution in [2.45, 2.75) is 26.2 Å². The predicted octanol–water partition coefficient (Wildman–Crippen LogP) is 4.54. The molecule has 0 bridgehead atoms. The molecular formula is C22H24N4O2S. The first kappa shape index (κ1) is 19.4. The van der Waals surface area contributed by atoms with E-state index < -0.39 is 0 Å². The van der Waals surface area contributed by atoms with E-state index in [0.29, 0.717) is 24.4 Å². The van der Waals surface area contributed by atoms with Gasteiger partial charge >= 0.3 is 0 Å². The van der Waals surface area contributed by atoms with E-state index in [1.165, 1.54) is 0 Å². The average molecular weight is 409 g/mol. The maximum atomic E-state index is 13.1. The van der Waals surface area contributed by atoms with Gasteiger partial charge in [-0.3, -0.25) is 9.78 Å². The topological polar surface area (TPSA) is 67.3 Å². The number of nitrogens with zero attached hydrogens (tertiary/aromatic N) is 3. The number of aryl methyl sites for hydroxylation is 2. The fraction of sp³-hybridized carbons (Fsp3) is 0.318. The zero-order chi connectivity index (χ0) is 20.4. The number of methoxy groups -OCH3 is 1. The van der Waals surface area contributed by atoms with Gasteiger partial charge in [-0.05, 0) is 44.0 Å². The summed E-state index contributed by atoms with van der Waals surface area (Å²) in [6.45, 7) is 5.32. The van der Waals surface area contributed by atoms with Crippen molar-refractivity contribution in [3.63, 3.8) is 0 Å². The third-order valence-corrected chi connectivity index (χ3v) is 5.89. The molecule has 0 radical (unpaired) electrons. The van der Waals surface area contributed by atoms with Gasteiger partial charge in [-0.2, -0.15) is 0 Å². The summed E-state index contributed by atoms with van der Waals surface area (Å²) >= 11 is 1.56. The molecule has 3 heterocycles. The molecule has 0 unspecified atom stereocenters. The maximum absolute atomic E-state index is 13.1. The smallest absolute Gasteiger partial charge is 0.257 e. The van der Waals surface area contributed by atoms with Crippen molar-refractivity contribution in [3.05, 3.63) is 64.4 Å². The van der Waals surface area contributed by atoms with E-state index >= 15 is 0 Å². The fourth-order valence-corrected chi connectivity index (χ4v) is 4.38. The van der Waals surface area contributed by atoms with Gasteiger partial charge < -0.3 is 15.0 Å². The van der Waals surface area contributed by atoms with Gasteiger partial charge in [0.1, 0.15) is 5.75 Å². The van der Waals surface area contributed by atoms with Crippen LogP contribution in [0.1, 0.15) is 39.6 Å². The first-order valence-corrected chi connectivity index (χ1v) is 10.5. The molecule has 2 aromatic heterocycles. The summed E-state index contributed by atoms with van der Waals surface area (Å²) in [5, 5.41) is 6.14. The Labute approximate surface area is 174 Å². The number of pyridine rings is 1. The van der Waals surface area contributed by atoms with Gasteiger partial charge in [0, 0.05) is 47.7 Å². The van der Waals surface area contributed by atoms with Crippen molar-refractivity contribution in [3.8, 4) is 5.75 Å². The standard InChI is InChI=1S/C22H24N4O2S/c1-14-5-4-6-18(20(14)28-3)21(27)26-9-7-16(13-26)19-12-17(11-15(2)24-19)25-22-23-8-10-29-22/h4-6,8,10-12,16H,7,9,13H2,1-3H3,(H,23,24,25)/t16-/m0/s1. The molecule has 4 rings (SSSR count). The largest absolute Gasteiger partial charge is 0.496 e. The number of aromatic nitrogens is 2. The van der Waals surface area contributed by atoms with Crippen LogP contribution >= 0.6 is 11.3 Å². The highest BCUT2D eigenvalue weighted by molar-refractivity contribution is 7.13. The van der Waals surface area contributed by atoms with Crippen molar-refractivity contribution in [2.24, 2.45) is 0 Å². The zero-order valence-electron chi connectivity index (χ0n) is 16.8. The molecule has 1 amide bonds. The van der Waals surface area contributed by atoms with Crippen LogP contribution < -0.4 is 10.1 Å². The van der Waals surface area contributed by atoms with Gasteiger partial charge in [0.2, 0.25) is 0 Å². The quantitative estimate of drug-likeness (QED) is 0.671. The lowest BCUT2D eigenvalue weighted by molar-refractivity contribution is 0.0787. The lowest BCUT2D eigenvalue weighted by atomic mass is 10.0. The minimum absolute atomic E-state index is 0.0156. The van der Waals surface area contributed by atoms with Crippen LogP contribution in [-0.2, 0) is 0 Å². The molecule has 1 aliphatic rings. The second-order valence-corrected chi connectivity index (χ2v) is 8.17. The number of rotatable bonds is 5. The second kappa shape index (κ2) is 8.21. The molecule has 0 saturated carbocycles. The fourth-order valence-electron chi connectivity index (χ4n) is 3.83. The summed E-state index contributed by atoms with van der Waals surface area (Å²) in [7, 11) is 1.61. The molecule has 6 nitrogen and oxygen atoms in total. The maximum Gasteiger partial charge on any atom is 0.257 e. The molecule has 1 aliphatic heterocycles. The average Bonchev–Trinajstić information content (AvgIpc) is 3.39. The van der Waals surface area contributed by atoms with Crippen LogP contribution in [0.25, 0.3) is 0 Å². The number of carbonyl (C=O) groups is 1. The lowest BCUT2D eigenvalue weighted by Gasteiger charge is -2.19. The molecule has 150 valence electrons. The van der Waals surface area contributed by atoms with Crippen molar-refractivity contribution in [1.29, 1.82) is 0 Å². The number of hydrogen-bond acceptors (Lipinski definition) is 6. The third kappa shape index (κ3) is 4.10. The number of likely N-dealkylation sites (tertiary alicyclic amines) is 1. The molecule has 1 fully saturated rings. The van der Waals surface area contributed by atoms with Crippen molar-refractivity contribution in [1.82, 2.24) is 14.9 Å². The molecule has 1 aromatic carbocycles. The van der Waals surface area contributed by atoms with E-state index in [1.807, 2.05) is 48.4 Å². The van der Waals surface area contributed by atoms with E-state index in [0.717, 1.165) is 34.2 Å². The highest BCUT2D eigenvalue weighted by Gasteiger charge is 2.30. The number of nitrogens with one attached hydrogen (secondary N) is 1. The van der Waals surface area contributed by atoms with Gasteiger partial charge in [0.15, 0.2) is 5.13 Å². The molecular weight excluding hydrogens is 384 g/mol. The van der Waals surface area contributed by atoms with Crippen molar-refractivity contribution in [2.75, 3.05) is 25.5 Å². The van der Waals surface area contributed by atoms with Crippen LogP contribution in [0.2, 0.25) is 0 Å². The molecule has 7 heteroatoms. The van der Waals surface area contributed by atoms with Crippen LogP contribution in [0, 0.1) is 13.8 Å². The van der Waals surface area contributed by atoms with Crippen LogP contribution in [0.15, 0.2) is 41.9 Å². The summed E-state index contributed by atoms with van der Waals surface area (Å²) in [6, 6.07) is 9.77. The minimum atomic E-state index is 0.0156. The number of para-hydroxylation sites is 1. The van der Waals surface area contributed by atoms with Gasteiger partial charge in [0.25, 0.3) is 5.91 Å². The Morgan fingerprint density at radius 2 is 2.17 bits per heavy atom. The normalized spacial score (nSPS) is 16.1. The molecule has 0 aliphatic carbocycles. The summed E-state index contributed by atoms with van der Waals surface area (Å²) in [4.78, 5) is 24.0. The van der Waals surface area contributed by atoms with Crippen molar-refractivity contribution >= 4 is 28.1 Å². The van der Waals surface area contributed by atoms with E-state index in [1.54, 1.807) is 24.6 Å². The Hall–Kier alpha value is -2.93. The van der Waals surface area contributed by atoms with E-state index in [9.17, 15) is 4.79 Å². The zero-order valence-corrected chi connectivity index (χ0v) is 17.6. The first-order chi connectivity index (χ1) is 14.0. The number of thiazole rings is 1. The van der Waals surface area contributed by atoms with Crippen LogP contribution in [0.5, 0.6) is 5.75 Å². The van der Waals surface area contributed by atoms with Gasteiger partial charge in [-0.1, -0.05) is 12.1 Å². The molecule has 1 saturated heterocycles. The Kier molecular flexibility index (Phi) is 5.49. The van der Waals surface area contributed by atoms with Crippen LogP contribution in [-0.4, -0.2) is 41.0 Å². The first-order valence-electron chi connectivity index (χ1n) is 9.63. The number of benzene rings is 1. The van der Waals surface area contributed by atoms with Gasteiger partial charge in [-0.25, -0.2) is 4.98 Å². The molecule has 1 N–H and O–H groups in total. The van der Waals surface area contributed by atoms with Gasteiger partial charge in [0.05, 0.1) is 12.7 Å². The monoisotopic (exact) mass is 408 g/mol. The summed E-state index contributed by atoms with van der Waals surface area (Å²) in [5.41, 5.74) is 4.53. The third-order valence-electron chi connectivity index (χ3n) is 5.20. The van der Waals surface area contributed by atoms with Crippen LogP contribution in [0.4, 0.5) is 10.8 Å². The molecule has 1 atom stereocenters. The van der Waals surface area contributed by atoms with Crippen molar-refractivity contribution < 1.29 is 9.53 Å². The lowest BCUT2D eigenvalue weighted by Crippen LogP contribution is -2.29. The Bertz CT molecular complexity index is 1020. The Morgan fingerprint density at radius 1 is 1.31 bits per heavy atom. The van der Waals surface area contributed by atoms with Gasteiger partial charge in [-0.15, -0.1) is 11.3 Å². The summed E-state index contributed by atoms with van der Waals surface area (Å²) in [5.74, 6) is 0.887. The Morgan fingerprint density at radius 3 is 2.93 bits per heavy atom. The Balaban J connectivity index is 1.52. The number of carbonyl (C=O) groups excluding carboxylic acids is 1.